The molecule has 0 unspecified atom stereocenters. The molecule has 3 aliphatic heterocycles. The molecule has 0 radical (unpaired) electrons. The van der Waals surface area contributed by atoms with E-state index in [4.69, 9.17) is 11.6 Å². The average molecular weight is 647 g/mol. The Balaban J connectivity index is 1.51. The molecule has 6 rings (SSSR count). The highest BCUT2D eigenvalue weighted by Gasteiger charge is 2.35. The molecule has 13 heteroatoms. The van der Waals surface area contributed by atoms with E-state index in [0.717, 1.165) is 32.7 Å². The van der Waals surface area contributed by atoms with Crippen LogP contribution in [0.5, 0.6) is 0 Å². The number of nitrogens with zero attached hydrogens (tertiary/aromatic N) is 6. The summed E-state index contributed by atoms with van der Waals surface area (Å²) < 4.78 is 45.9. The fourth-order valence-electron chi connectivity index (χ4n) is 6.61. The molecule has 0 N–H and O–H groups in total. The van der Waals surface area contributed by atoms with Crippen molar-refractivity contribution in [2.45, 2.75) is 30.8 Å². The molecule has 0 spiro atoms. The Bertz CT molecular complexity index is 1670. The molecule has 3 aromatic rings. The molecule has 0 aliphatic carbocycles. The van der Waals surface area contributed by atoms with Crippen molar-refractivity contribution in [1.29, 1.82) is 0 Å². The molecule has 234 valence electrons. The second kappa shape index (κ2) is 12.4. The molecule has 8 nitrogen and oxygen atoms in total. The third kappa shape index (κ3) is 5.50. The van der Waals surface area contributed by atoms with Crippen molar-refractivity contribution in [3.05, 3.63) is 63.8 Å². The van der Waals surface area contributed by atoms with Gasteiger partial charge in [0.05, 0.1) is 22.1 Å². The maximum Gasteiger partial charge on any atom is 0.350 e. The van der Waals surface area contributed by atoms with Gasteiger partial charge in [-0.2, -0.15) is 4.98 Å². The van der Waals surface area contributed by atoms with Crippen molar-refractivity contribution in [3.8, 4) is 11.1 Å². The number of carbonyl (C=O) groups is 1. The monoisotopic (exact) mass is 646 g/mol. The number of benzene rings is 2. The van der Waals surface area contributed by atoms with Gasteiger partial charge >= 0.3 is 5.69 Å². The Labute approximate surface area is 263 Å². The highest BCUT2D eigenvalue weighted by Crippen LogP contribution is 2.49. The largest absolute Gasteiger partial charge is 0.350 e. The third-order valence-corrected chi connectivity index (χ3v) is 10.4. The molecule has 0 saturated carbocycles. The van der Waals surface area contributed by atoms with Gasteiger partial charge in [-0.05, 0) is 25.6 Å². The molecule has 2 saturated heterocycles. The molecule has 1 aromatic heterocycles. The van der Waals surface area contributed by atoms with Crippen molar-refractivity contribution in [2.24, 2.45) is 0 Å². The van der Waals surface area contributed by atoms with E-state index in [2.05, 4.69) is 28.3 Å². The van der Waals surface area contributed by atoms with E-state index in [-0.39, 0.29) is 28.6 Å². The van der Waals surface area contributed by atoms with Crippen LogP contribution in [0.25, 0.3) is 22.0 Å². The standard InChI is InChI=1S/C31H34ClF3N6O2S/c1-4-25(42)39-10-11-40(18(3)15-39)30-21-14-22(32)26(27-23(34)12-19(33)13-24(27)35)29-28(21)41(31(43)36-30)20(17-44-29)16-38-8-6-37(5-2)7-9-38/h4,12-14,18,20H,1,5-11,15-17H2,2-3H3/t18-,20+/m0/s1. The molecule has 0 bridgehead atoms. The van der Waals surface area contributed by atoms with Gasteiger partial charge in [-0.25, -0.2) is 18.0 Å². The normalized spacial score (nSPS) is 21.2. The van der Waals surface area contributed by atoms with Crippen molar-refractivity contribution >= 4 is 46.0 Å². The van der Waals surface area contributed by atoms with E-state index in [1.165, 1.54) is 17.8 Å². The van der Waals surface area contributed by atoms with Crippen molar-refractivity contribution in [2.75, 3.05) is 69.6 Å². The van der Waals surface area contributed by atoms with Crippen LogP contribution in [0, 0.1) is 17.5 Å². The van der Waals surface area contributed by atoms with E-state index in [0.29, 0.717) is 65.7 Å². The Kier molecular flexibility index (Phi) is 8.71. The maximum atomic E-state index is 15.2. The molecular weight excluding hydrogens is 613 g/mol. The van der Waals surface area contributed by atoms with Crippen LogP contribution in [-0.2, 0) is 4.79 Å². The number of aromatic nitrogens is 2. The van der Waals surface area contributed by atoms with Crippen molar-refractivity contribution in [1.82, 2.24) is 24.3 Å². The minimum absolute atomic E-state index is 0.0694. The first-order valence-electron chi connectivity index (χ1n) is 14.8. The van der Waals surface area contributed by atoms with E-state index in [1.54, 1.807) is 15.5 Å². The smallest absolute Gasteiger partial charge is 0.350 e. The Morgan fingerprint density at radius 3 is 2.39 bits per heavy atom. The van der Waals surface area contributed by atoms with Gasteiger partial charge < -0.3 is 14.7 Å². The maximum absolute atomic E-state index is 15.2. The van der Waals surface area contributed by atoms with E-state index >= 15 is 8.78 Å². The second-order valence-corrected chi connectivity index (χ2v) is 13.0. The van der Waals surface area contributed by atoms with Gasteiger partial charge in [-0.3, -0.25) is 14.3 Å². The van der Waals surface area contributed by atoms with Crippen molar-refractivity contribution in [3.63, 3.8) is 0 Å². The van der Waals surface area contributed by atoms with Crippen LogP contribution < -0.4 is 10.6 Å². The molecule has 2 atom stereocenters. The first-order chi connectivity index (χ1) is 21.1. The number of amides is 1. The van der Waals surface area contributed by atoms with Gasteiger partial charge in [0, 0.05) is 92.1 Å². The number of hydrogen-bond acceptors (Lipinski definition) is 7. The van der Waals surface area contributed by atoms with Crippen LogP contribution >= 0.6 is 23.4 Å². The lowest BCUT2D eigenvalue weighted by molar-refractivity contribution is -0.126. The average Bonchev–Trinajstić information content (AvgIpc) is 3.00. The number of hydrogen-bond donors (Lipinski definition) is 0. The molecule has 4 heterocycles. The quantitative estimate of drug-likeness (QED) is 0.362. The van der Waals surface area contributed by atoms with Crippen LogP contribution in [0.1, 0.15) is 19.9 Å². The summed E-state index contributed by atoms with van der Waals surface area (Å²) in [6.45, 7) is 14.1. The van der Waals surface area contributed by atoms with Gasteiger partial charge in [-0.15, -0.1) is 11.8 Å². The molecular formula is C31H34ClF3N6O2S. The lowest BCUT2D eigenvalue weighted by atomic mass is 10.0. The van der Waals surface area contributed by atoms with E-state index in [9.17, 15) is 14.0 Å². The number of likely N-dealkylation sites (N-methyl/N-ethyl adjacent to an activating group) is 1. The fourth-order valence-corrected chi connectivity index (χ4v) is 8.28. The van der Waals surface area contributed by atoms with E-state index < -0.39 is 28.7 Å². The lowest BCUT2D eigenvalue weighted by Gasteiger charge is -2.41. The van der Waals surface area contributed by atoms with Gasteiger partial charge in [0.1, 0.15) is 23.3 Å². The number of anilines is 1. The molecule has 1 amide bonds. The zero-order valence-electron chi connectivity index (χ0n) is 24.7. The molecule has 2 aromatic carbocycles. The summed E-state index contributed by atoms with van der Waals surface area (Å²) in [5.74, 6) is -2.47. The van der Waals surface area contributed by atoms with Gasteiger partial charge in [0.25, 0.3) is 0 Å². The topological polar surface area (TPSA) is 64.9 Å². The van der Waals surface area contributed by atoms with Crippen molar-refractivity contribution < 1.29 is 18.0 Å². The highest BCUT2D eigenvalue weighted by molar-refractivity contribution is 7.99. The lowest BCUT2D eigenvalue weighted by Crippen LogP contribution is -2.54. The number of piperazine rings is 2. The predicted molar refractivity (Wildman–Crippen MR) is 168 cm³/mol. The molecule has 3 aliphatic rings. The number of carbonyl (C=O) groups excluding carboxylic acids is 1. The summed E-state index contributed by atoms with van der Waals surface area (Å²) in [7, 11) is 0. The third-order valence-electron chi connectivity index (χ3n) is 8.91. The summed E-state index contributed by atoms with van der Waals surface area (Å²) in [5.41, 5.74) is -0.296. The first kappa shape index (κ1) is 30.9. The predicted octanol–water partition coefficient (Wildman–Crippen LogP) is 4.64. The Morgan fingerprint density at radius 1 is 1.07 bits per heavy atom. The van der Waals surface area contributed by atoms with E-state index in [1.807, 2.05) is 11.8 Å². The SMILES string of the molecule is C=CC(=O)N1CCN(c2nc(=O)n3c4c(c(-c5c(F)cc(F)cc5F)c(Cl)cc24)SC[C@H]3CN2CCN(CC)CC2)[C@@H](C)C1. The van der Waals surface area contributed by atoms with Gasteiger partial charge in [0.2, 0.25) is 5.91 Å². The Hall–Kier alpha value is -3.06. The summed E-state index contributed by atoms with van der Waals surface area (Å²) in [6.07, 6.45) is 1.28. The Morgan fingerprint density at radius 2 is 1.75 bits per heavy atom. The zero-order chi connectivity index (χ0) is 31.3. The summed E-state index contributed by atoms with van der Waals surface area (Å²) in [5, 5.41) is 0.652. The molecule has 44 heavy (non-hydrogen) atoms. The van der Waals surface area contributed by atoms with Crippen LogP contribution in [0.2, 0.25) is 5.02 Å². The van der Waals surface area contributed by atoms with Crippen LogP contribution in [0.15, 0.2) is 40.5 Å². The number of halogens is 4. The number of rotatable bonds is 6. The second-order valence-electron chi connectivity index (χ2n) is 11.5. The fraction of sp³-hybridized carbons (Fsp3) is 0.452. The summed E-state index contributed by atoms with van der Waals surface area (Å²) in [6, 6.07) is 2.44. The first-order valence-corrected chi connectivity index (χ1v) is 16.2. The summed E-state index contributed by atoms with van der Waals surface area (Å²) >= 11 is 8.21. The minimum Gasteiger partial charge on any atom is -0.350 e. The van der Waals surface area contributed by atoms with Crippen LogP contribution in [-0.4, -0.2) is 101 Å². The minimum atomic E-state index is -1.07. The summed E-state index contributed by atoms with van der Waals surface area (Å²) in [4.78, 5) is 39.7. The highest BCUT2D eigenvalue weighted by atomic mass is 35.5. The van der Waals surface area contributed by atoms with Crippen LogP contribution in [0.3, 0.4) is 0 Å². The zero-order valence-corrected chi connectivity index (χ0v) is 26.2. The number of thioether (sulfide) groups is 1. The molecule has 2 fully saturated rings. The van der Waals surface area contributed by atoms with Gasteiger partial charge in [-0.1, -0.05) is 25.1 Å². The van der Waals surface area contributed by atoms with Gasteiger partial charge in [0.15, 0.2) is 0 Å². The van der Waals surface area contributed by atoms with Crippen LogP contribution in [0.4, 0.5) is 19.0 Å².